The highest BCUT2D eigenvalue weighted by atomic mass is 16.7. The number of ether oxygens (including phenoxy) is 3. The Kier molecular flexibility index (Phi) is 4.11. The molecule has 0 saturated carbocycles. The van der Waals surface area contributed by atoms with Crippen molar-refractivity contribution in [2.75, 3.05) is 13.7 Å². The van der Waals surface area contributed by atoms with Crippen LogP contribution < -0.4 is 5.48 Å². The van der Waals surface area contributed by atoms with Crippen LogP contribution in [0.25, 0.3) is 0 Å². The highest BCUT2D eigenvalue weighted by Gasteiger charge is 2.50. The molecule has 1 aromatic carbocycles. The molecule has 2 fully saturated rings. The summed E-state index contributed by atoms with van der Waals surface area (Å²) in [5, 5.41) is 0. The van der Waals surface area contributed by atoms with Crippen molar-refractivity contribution >= 4 is 0 Å². The van der Waals surface area contributed by atoms with Gasteiger partial charge in [0.25, 0.3) is 0 Å². The van der Waals surface area contributed by atoms with Crippen LogP contribution in [0.3, 0.4) is 0 Å². The molecule has 0 bridgehead atoms. The Morgan fingerprint density at radius 3 is 2.87 bits per heavy atom. The first-order valence-electron chi connectivity index (χ1n) is 7.60. The number of hydrogen-bond donors (Lipinski definition) is 1. The molecule has 5 atom stereocenters. The van der Waals surface area contributed by atoms with Crippen LogP contribution in [-0.4, -0.2) is 41.5 Å². The summed E-state index contributed by atoms with van der Waals surface area (Å²) in [4.78, 5) is 9.24. The molecule has 4 rings (SSSR count). The van der Waals surface area contributed by atoms with Gasteiger partial charge in [-0.3, -0.25) is 0 Å². The monoisotopic (exact) mass is 317 g/mol. The van der Waals surface area contributed by atoms with Gasteiger partial charge in [0.2, 0.25) is 0 Å². The predicted octanol–water partition coefficient (Wildman–Crippen LogP) is 1.41. The van der Waals surface area contributed by atoms with Crippen LogP contribution in [0.5, 0.6) is 0 Å². The number of hydrogen-bond acceptors (Lipinski definition) is 6. The number of aromatic nitrogens is 2. The van der Waals surface area contributed by atoms with Gasteiger partial charge in [-0.15, -0.1) is 0 Å². The summed E-state index contributed by atoms with van der Waals surface area (Å²) in [5.41, 5.74) is 3.99. The van der Waals surface area contributed by atoms with Crippen molar-refractivity contribution in [2.24, 2.45) is 0 Å². The van der Waals surface area contributed by atoms with Crippen LogP contribution in [0, 0.1) is 0 Å². The topological polar surface area (TPSA) is 66.8 Å². The minimum atomic E-state index is -0.399. The van der Waals surface area contributed by atoms with Gasteiger partial charge in [-0.05, 0) is 0 Å². The molecule has 23 heavy (non-hydrogen) atoms. The lowest BCUT2D eigenvalue weighted by Gasteiger charge is -2.33. The zero-order valence-electron chi connectivity index (χ0n) is 12.7. The van der Waals surface area contributed by atoms with Gasteiger partial charge in [0.05, 0.1) is 20.0 Å². The lowest BCUT2D eigenvalue weighted by atomic mass is 10.1. The third-order valence-corrected chi connectivity index (χ3v) is 4.18. The van der Waals surface area contributed by atoms with E-state index in [4.69, 9.17) is 19.0 Å². The highest BCUT2D eigenvalue weighted by molar-refractivity contribution is 5.16. The SMILES string of the molecule is CON[C@H]1[C@@H]2OC(c3ccccc3)OC[C@H]2O[C@H]1n1ccnc1. The number of nitrogens with zero attached hydrogens (tertiary/aromatic N) is 2. The maximum Gasteiger partial charge on any atom is 0.184 e. The molecule has 122 valence electrons. The first-order chi connectivity index (χ1) is 11.4. The van der Waals surface area contributed by atoms with Crippen LogP contribution in [0.2, 0.25) is 0 Å². The molecule has 1 aromatic heterocycles. The van der Waals surface area contributed by atoms with Crippen molar-refractivity contribution in [3.63, 3.8) is 0 Å². The zero-order valence-corrected chi connectivity index (χ0v) is 12.7. The van der Waals surface area contributed by atoms with Crippen LogP contribution in [0.15, 0.2) is 49.1 Å². The Morgan fingerprint density at radius 1 is 1.26 bits per heavy atom. The van der Waals surface area contributed by atoms with Gasteiger partial charge < -0.3 is 23.6 Å². The molecular formula is C16H19N3O4. The average molecular weight is 317 g/mol. The first-order valence-corrected chi connectivity index (χ1v) is 7.60. The van der Waals surface area contributed by atoms with Crippen molar-refractivity contribution in [1.29, 1.82) is 0 Å². The van der Waals surface area contributed by atoms with E-state index in [0.717, 1.165) is 5.56 Å². The summed E-state index contributed by atoms with van der Waals surface area (Å²) >= 11 is 0. The van der Waals surface area contributed by atoms with E-state index in [1.54, 1.807) is 19.6 Å². The summed E-state index contributed by atoms with van der Waals surface area (Å²) in [6.45, 7) is 0.470. The highest BCUT2D eigenvalue weighted by Crippen LogP contribution is 2.38. The normalized spacial score (nSPS) is 33.5. The molecular weight excluding hydrogens is 298 g/mol. The minimum Gasteiger partial charge on any atom is -0.348 e. The molecule has 7 heteroatoms. The molecule has 1 unspecified atom stereocenters. The second kappa shape index (κ2) is 6.38. The fraction of sp³-hybridized carbons (Fsp3) is 0.438. The summed E-state index contributed by atoms with van der Waals surface area (Å²) in [6, 6.07) is 9.74. The van der Waals surface area contributed by atoms with E-state index < -0.39 is 6.29 Å². The van der Waals surface area contributed by atoms with Gasteiger partial charge >= 0.3 is 0 Å². The molecule has 0 radical (unpaired) electrons. The molecule has 3 heterocycles. The van der Waals surface area contributed by atoms with Gasteiger partial charge in [0.1, 0.15) is 18.2 Å². The van der Waals surface area contributed by atoms with Gasteiger partial charge in [-0.1, -0.05) is 30.3 Å². The molecule has 1 N–H and O–H groups in total. The fourth-order valence-corrected chi connectivity index (χ4v) is 3.13. The Labute approximate surface area is 134 Å². The van der Waals surface area contributed by atoms with E-state index in [-0.39, 0.29) is 24.5 Å². The molecule has 7 nitrogen and oxygen atoms in total. The van der Waals surface area contributed by atoms with Crippen molar-refractivity contribution in [1.82, 2.24) is 15.0 Å². The second-order valence-electron chi connectivity index (χ2n) is 5.60. The van der Waals surface area contributed by atoms with E-state index in [1.807, 2.05) is 41.1 Å². The van der Waals surface area contributed by atoms with E-state index in [2.05, 4.69) is 10.5 Å². The van der Waals surface area contributed by atoms with Crippen LogP contribution in [-0.2, 0) is 19.0 Å². The Hall–Kier alpha value is -1.77. The third-order valence-electron chi connectivity index (χ3n) is 4.18. The van der Waals surface area contributed by atoms with Gasteiger partial charge in [-0.25, -0.2) is 4.98 Å². The van der Waals surface area contributed by atoms with E-state index in [1.165, 1.54) is 0 Å². The third kappa shape index (κ3) is 2.77. The van der Waals surface area contributed by atoms with Gasteiger partial charge in [0.15, 0.2) is 12.5 Å². The molecule has 2 aromatic rings. The number of rotatable bonds is 4. The lowest BCUT2D eigenvalue weighted by molar-refractivity contribution is -0.249. The van der Waals surface area contributed by atoms with E-state index in [9.17, 15) is 0 Å². The number of benzene rings is 1. The van der Waals surface area contributed by atoms with Gasteiger partial charge in [0, 0.05) is 18.0 Å². The number of imidazole rings is 1. The molecule has 0 spiro atoms. The van der Waals surface area contributed by atoms with E-state index in [0.29, 0.717) is 6.61 Å². The Balaban J connectivity index is 1.56. The number of nitrogens with one attached hydrogen (secondary N) is 1. The quantitative estimate of drug-likeness (QED) is 0.860. The van der Waals surface area contributed by atoms with Crippen LogP contribution in [0.1, 0.15) is 18.1 Å². The Bertz CT molecular complexity index is 622. The summed E-state index contributed by atoms with van der Waals surface area (Å²) in [7, 11) is 1.59. The van der Waals surface area contributed by atoms with Crippen LogP contribution in [0.4, 0.5) is 0 Å². The predicted molar refractivity (Wildman–Crippen MR) is 80.1 cm³/mol. The number of fused-ring (bicyclic) bond motifs is 1. The number of hydroxylamine groups is 1. The summed E-state index contributed by atoms with van der Waals surface area (Å²) in [5.74, 6) is 0. The maximum absolute atomic E-state index is 6.17. The summed E-state index contributed by atoms with van der Waals surface area (Å²) in [6.07, 6.45) is 4.31. The van der Waals surface area contributed by atoms with Gasteiger partial charge in [-0.2, -0.15) is 5.48 Å². The fourth-order valence-electron chi connectivity index (χ4n) is 3.13. The second-order valence-corrected chi connectivity index (χ2v) is 5.60. The molecule has 2 saturated heterocycles. The standard InChI is InChI=1S/C16H19N3O4/c1-20-18-13-14-12(22-15(13)19-8-7-17-10-19)9-21-16(23-14)11-5-3-2-4-6-11/h2-8,10,12-16,18H,9H2,1H3/t12-,13+,14-,15-,16?/m1/s1. The van der Waals surface area contributed by atoms with Crippen LogP contribution >= 0.6 is 0 Å². The minimum absolute atomic E-state index is 0.157. The largest absolute Gasteiger partial charge is 0.348 e. The Morgan fingerprint density at radius 2 is 2.13 bits per heavy atom. The molecule has 0 amide bonds. The lowest BCUT2D eigenvalue weighted by Crippen LogP contribution is -2.48. The average Bonchev–Trinajstić information content (AvgIpc) is 3.24. The molecule has 0 aliphatic carbocycles. The molecule has 2 aliphatic heterocycles. The van der Waals surface area contributed by atoms with Crippen molar-refractivity contribution < 1.29 is 19.0 Å². The van der Waals surface area contributed by atoms with E-state index >= 15 is 0 Å². The molecule has 2 aliphatic rings. The first kappa shape index (κ1) is 14.8. The smallest absolute Gasteiger partial charge is 0.184 e. The van der Waals surface area contributed by atoms with Crippen molar-refractivity contribution in [3.05, 3.63) is 54.6 Å². The van der Waals surface area contributed by atoms with Crippen molar-refractivity contribution in [3.8, 4) is 0 Å². The maximum atomic E-state index is 6.17. The summed E-state index contributed by atoms with van der Waals surface area (Å²) < 4.78 is 20.0. The van der Waals surface area contributed by atoms with Crippen molar-refractivity contribution in [2.45, 2.75) is 30.8 Å². The zero-order chi connectivity index (χ0) is 15.6.